The minimum atomic E-state index is -0.826. The highest BCUT2D eigenvalue weighted by Crippen LogP contribution is 2.21. The SMILES string of the molecule is CC1CC(C(=O)O)CN(C(=O)NCCn2ccnc2)C1. The molecule has 1 aromatic rings. The van der Waals surface area contributed by atoms with Crippen molar-refractivity contribution in [3.8, 4) is 0 Å². The summed E-state index contributed by atoms with van der Waals surface area (Å²) in [5.41, 5.74) is 0. The van der Waals surface area contributed by atoms with Gasteiger partial charge < -0.3 is 19.9 Å². The van der Waals surface area contributed by atoms with Crippen LogP contribution in [0, 0.1) is 11.8 Å². The van der Waals surface area contributed by atoms with Crippen molar-refractivity contribution < 1.29 is 14.7 Å². The summed E-state index contributed by atoms with van der Waals surface area (Å²) in [6.45, 7) is 4.02. The number of amides is 2. The highest BCUT2D eigenvalue weighted by Gasteiger charge is 2.31. The zero-order valence-electron chi connectivity index (χ0n) is 11.5. The van der Waals surface area contributed by atoms with E-state index < -0.39 is 11.9 Å². The Morgan fingerprint density at radius 1 is 1.45 bits per heavy atom. The quantitative estimate of drug-likeness (QED) is 0.847. The molecule has 2 atom stereocenters. The van der Waals surface area contributed by atoms with E-state index in [-0.39, 0.29) is 18.5 Å². The molecule has 2 unspecified atom stereocenters. The molecule has 20 heavy (non-hydrogen) atoms. The Morgan fingerprint density at radius 3 is 2.90 bits per heavy atom. The van der Waals surface area contributed by atoms with Gasteiger partial charge in [-0.15, -0.1) is 0 Å². The van der Waals surface area contributed by atoms with Gasteiger partial charge in [-0.05, 0) is 12.3 Å². The number of piperidine rings is 1. The van der Waals surface area contributed by atoms with Crippen molar-refractivity contribution in [1.82, 2.24) is 19.8 Å². The number of aliphatic carboxylic acids is 1. The molecule has 110 valence electrons. The van der Waals surface area contributed by atoms with Crippen molar-refractivity contribution in [2.24, 2.45) is 11.8 Å². The van der Waals surface area contributed by atoms with Crippen molar-refractivity contribution in [3.63, 3.8) is 0 Å². The molecular weight excluding hydrogens is 260 g/mol. The summed E-state index contributed by atoms with van der Waals surface area (Å²) in [7, 11) is 0. The molecule has 0 saturated carbocycles. The third kappa shape index (κ3) is 3.72. The highest BCUT2D eigenvalue weighted by molar-refractivity contribution is 5.76. The normalized spacial score (nSPS) is 22.6. The van der Waals surface area contributed by atoms with E-state index in [1.54, 1.807) is 17.4 Å². The maximum Gasteiger partial charge on any atom is 0.317 e. The molecule has 0 spiro atoms. The summed E-state index contributed by atoms with van der Waals surface area (Å²) in [6, 6.07) is -0.192. The monoisotopic (exact) mass is 280 g/mol. The number of imidazole rings is 1. The van der Waals surface area contributed by atoms with Gasteiger partial charge in [0.1, 0.15) is 0 Å². The average Bonchev–Trinajstić information content (AvgIpc) is 2.91. The van der Waals surface area contributed by atoms with Crippen LogP contribution in [0.4, 0.5) is 4.79 Å². The molecule has 2 N–H and O–H groups in total. The highest BCUT2D eigenvalue weighted by atomic mass is 16.4. The molecule has 1 aliphatic rings. The van der Waals surface area contributed by atoms with Gasteiger partial charge >= 0.3 is 12.0 Å². The number of rotatable bonds is 4. The molecule has 0 aliphatic carbocycles. The zero-order chi connectivity index (χ0) is 14.5. The third-order valence-corrected chi connectivity index (χ3v) is 3.50. The van der Waals surface area contributed by atoms with Gasteiger partial charge in [0.05, 0.1) is 12.2 Å². The van der Waals surface area contributed by atoms with Gasteiger partial charge in [0.2, 0.25) is 0 Å². The lowest BCUT2D eigenvalue weighted by Crippen LogP contribution is -2.49. The van der Waals surface area contributed by atoms with Crippen LogP contribution in [0.25, 0.3) is 0 Å². The van der Waals surface area contributed by atoms with Crippen LogP contribution in [0.1, 0.15) is 13.3 Å². The summed E-state index contributed by atoms with van der Waals surface area (Å²) in [5, 5.41) is 11.9. The van der Waals surface area contributed by atoms with E-state index in [2.05, 4.69) is 10.3 Å². The van der Waals surface area contributed by atoms with Crippen LogP contribution in [0.15, 0.2) is 18.7 Å². The smallest absolute Gasteiger partial charge is 0.317 e. The van der Waals surface area contributed by atoms with Crippen LogP contribution in [0.5, 0.6) is 0 Å². The number of carboxylic acids is 1. The number of hydrogen-bond donors (Lipinski definition) is 2. The van der Waals surface area contributed by atoms with E-state index in [9.17, 15) is 9.59 Å². The van der Waals surface area contributed by atoms with Crippen LogP contribution in [-0.2, 0) is 11.3 Å². The van der Waals surface area contributed by atoms with Crippen LogP contribution in [-0.4, -0.2) is 51.2 Å². The summed E-state index contributed by atoms with van der Waals surface area (Å²) >= 11 is 0. The van der Waals surface area contributed by atoms with Gasteiger partial charge in [-0.3, -0.25) is 4.79 Å². The van der Waals surface area contributed by atoms with E-state index in [0.29, 0.717) is 26.1 Å². The predicted molar refractivity (Wildman–Crippen MR) is 72.1 cm³/mol. The number of carbonyl (C=O) groups is 2. The van der Waals surface area contributed by atoms with Crippen LogP contribution < -0.4 is 5.32 Å². The molecule has 1 aromatic heterocycles. The predicted octanol–water partition coefficient (Wildman–Crippen LogP) is 0.635. The van der Waals surface area contributed by atoms with Gasteiger partial charge in [0.25, 0.3) is 0 Å². The summed E-state index contributed by atoms with van der Waals surface area (Å²) in [4.78, 5) is 28.6. The molecule has 0 aromatic carbocycles. The lowest BCUT2D eigenvalue weighted by atomic mass is 9.91. The van der Waals surface area contributed by atoms with Crippen molar-refractivity contribution in [1.29, 1.82) is 0 Å². The first-order chi connectivity index (χ1) is 9.56. The first-order valence-electron chi connectivity index (χ1n) is 6.77. The van der Waals surface area contributed by atoms with Crippen molar-refractivity contribution >= 4 is 12.0 Å². The first-order valence-corrected chi connectivity index (χ1v) is 6.77. The van der Waals surface area contributed by atoms with Gasteiger partial charge in [0, 0.05) is 38.6 Å². The molecule has 1 saturated heterocycles. The molecule has 1 fully saturated rings. The zero-order valence-corrected chi connectivity index (χ0v) is 11.5. The number of carbonyl (C=O) groups excluding carboxylic acids is 1. The summed E-state index contributed by atoms with van der Waals surface area (Å²) in [5.74, 6) is -1.07. The Hall–Kier alpha value is -2.05. The van der Waals surface area contributed by atoms with E-state index >= 15 is 0 Å². The number of urea groups is 1. The lowest BCUT2D eigenvalue weighted by Gasteiger charge is -2.34. The molecule has 2 amide bonds. The Labute approximate surface area is 117 Å². The molecule has 7 nitrogen and oxygen atoms in total. The number of nitrogens with zero attached hydrogens (tertiary/aromatic N) is 3. The average molecular weight is 280 g/mol. The number of likely N-dealkylation sites (tertiary alicyclic amines) is 1. The van der Waals surface area contributed by atoms with E-state index in [1.165, 1.54) is 0 Å². The fourth-order valence-corrected chi connectivity index (χ4v) is 2.52. The Balaban J connectivity index is 1.80. The molecule has 7 heteroatoms. The first kappa shape index (κ1) is 14.4. The van der Waals surface area contributed by atoms with Crippen molar-refractivity contribution in [3.05, 3.63) is 18.7 Å². The number of aromatic nitrogens is 2. The Kier molecular flexibility index (Phi) is 4.60. The van der Waals surface area contributed by atoms with Gasteiger partial charge in [-0.2, -0.15) is 0 Å². The van der Waals surface area contributed by atoms with Crippen LogP contribution >= 0.6 is 0 Å². The molecule has 1 aliphatic heterocycles. The van der Waals surface area contributed by atoms with Gasteiger partial charge in [-0.25, -0.2) is 9.78 Å². The van der Waals surface area contributed by atoms with Crippen molar-refractivity contribution in [2.45, 2.75) is 19.9 Å². The van der Waals surface area contributed by atoms with Gasteiger partial charge in [0.15, 0.2) is 0 Å². The van der Waals surface area contributed by atoms with Gasteiger partial charge in [-0.1, -0.05) is 6.92 Å². The largest absolute Gasteiger partial charge is 0.481 e. The summed E-state index contributed by atoms with van der Waals surface area (Å²) in [6.07, 6.45) is 5.84. The van der Waals surface area contributed by atoms with E-state index in [4.69, 9.17) is 5.11 Å². The molecule has 0 bridgehead atoms. The van der Waals surface area contributed by atoms with Crippen LogP contribution in [0.2, 0.25) is 0 Å². The minimum Gasteiger partial charge on any atom is -0.481 e. The Morgan fingerprint density at radius 2 is 2.25 bits per heavy atom. The van der Waals surface area contributed by atoms with E-state index in [0.717, 1.165) is 0 Å². The number of nitrogens with one attached hydrogen (secondary N) is 1. The summed E-state index contributed by atoms with van der Waals surface area (Å²) < 4.78 is 1.87. The topological polar surface area (TPSA) is 87.5 Å². The minimum absolute atomic E-state index is 0.192. The standard InChI is InChI=1S/C13H20N4O3/c1-10-6-11(12(18)19)8-17(7-10)13(20)15-3-5-16-4-2-14-9-16/h2,4,9-11H,3,5-8H2,1H3,(H,15,20)(H,18,19). The number of carboxylic acid groups (broad SMARTS) is 1. The Bertz CT molecular complexity index is 460. The third-order valence-electron chi connectivity index (χ3n) is 3.50. The second-order valence-corrected chi connectivity index (χ2v) is 5.31. The maximum absolute atomic E-state index is 12.0. The molecule has 2 heterocycles. The maximum atomic E-state index is 12.0. The van der Waals surface area contributed by atoms with Crippen molar-refractivity contribution in [2.75, 3.05) is 19.6 Å². The lowest BCUT2D eigenvalue weighted by molar-refractivity contribution is -0.143. The van der Waals surface area contributed by atoms with Crippen LogP contribution in [0.3, 0.4) is 0 Å². The second kappa shape index (κ2) is 6.40. The molecule has 0 radical (unpaired) electrons. The van der Waals surface area contributed by atoms with E-state index in [1.807, 2.05) is 17.7 Å². The molecule has 2 rings (SSSR count). The molecular formula is C13H20N4O3. The fourth-order valence-electron chi connectivity index (χ4n) is 2.52. The fraction of sp³-hybridized carbons (Fsp3) is 0.615. The number of hydrogen-bond acceptors (Lipinski definition) is 3. The second-order valence-electron chi connectivity index (χ2n) is 5.31.